The summed E-state index contributed by atoms with van der Waals surface area (Å²) < 4.78 is 6.33. The molecule has 33 heavy (non-hydrogen) atoms. The van der Waals surface area contributed by atoms with Crippen LogP contribution in [0.5, 0.6) is 5.75 Å². The van der Waals surface area contributed by atoms with E-state index in [1.54, 1.807) is 0 Å². The summed E-state index contributed by atoms with van der Waals surface area (Å²) in [5, 5.41) is 2.50. The number of benzene rings is 3. The van der Waals surface area contributed by atoms with E-state index in [2.05, 4.69) is 68.5 Å². The minimum atomic E-state index is -0.784. The van der Waals surface area contributed by atoms with Crippen LogP contribution < -0.4 is 4.74 Å². The number of hydrogen-bond acceptors (Lipinski definition) is 1. The first-order valence-electron chi connectivity index (χ1n) is 12.8. The lowest BCUT2D eigenvalue weighted by molar-refractivity contribution is 0.220. The minimum Gasteiger partial charge on any atom is -0.493 e. The van der Waals surface area contributed by atoms with Gasteiger partial charge in [0.05, 0.1) is 5.50 Å². The van der Waals surface area contributed by atoms with Crippen molar-refractivity contribution in [1.82, 2.24) is 0 Å². The van der Waals surface area contributed by atoms with Gasteiger partial charge in [0.1, 0.15) is 13.6 Å². The lowest BCUT2D eigenvalue weighted by atomic mass is 9.77. The summed E-state index contributed by atoms with van der Waals surface area (Å²) in [4.78, 5) is 0. The molecule has 1 aliphatic heterocycles. The van der Waals surface area contributed by atoms with Crippen molar-refractivity contribution in [3.63, 3.8) is 0 Å². The predicted molar refractivity (Wildman–Crippen MR) is 151 cm³/mol. The van der Waals surface area contributed by atoms with Crippen molar-refractivity contribution in [2.24, 2.45) is 0 Å². The molecule has 1 nitrogen and oxygen atoms in total. The van der Waals surface area contributed by atoms with E-state index in [1.807, 2.05) is 68.4 Å². The third kappa shape index (κ3) is 5.05. The Morgan fingerprint density at radius 3 is 1.82 bits per heavy atom. The molecule has 0 fully saturated rings. The highest BCUT2D eigenvalue weighted by Gasteiger charge is 2.41. The summed E-state index contributed by atoms with van der Waals surface area (Å²) >= 11 is 0. The Morgan fingerprint density at radius 1 is 0.697 bits per heavy atom. The normalized spacial score (nSPS) is 17.5. The van der Waals surface area contributed by atoms with E-state index in [0.29, 0.717) is 0 Å². The second-order valence-electron chi connectivity index (χ2n) is 7.83. The molecule has 176 valence electrons. The molecular formula is C31H43BO. The fourth-order valence-electron chi connectivity index (χ4n) is 4.47. The van der Waals surface area contributed by atoms with E-state index in [9.17, 15) is 0 Å². The molecule has 2 aliphatic rings. The van der Waals surface area contributed by atoms with Crippen LogP contribution in [0.2, 0.25) is 0 Å². The van der Waals surface area contributed by atoms with Crippen LogP contribution in [0.4, 0.5) is 0 Å². The van der Waals surface area contributed by atoms with Crippen molar-refractivity contribution in [3.05, 3.63) is 71.3 Å². The molecule has 0 aromatic heterocycles. The number of ether oxygens (including phenoxy) is 1. The third-order valence-electron chi connectivity index (χ3n) is 5.61. The van der Waals surface area contributed by atoms with Crippen molar-refractivity contribution in [1.29, 1.82) is 0 Å². The highest BCUT2D eigenvalue weighted by molar-refractivity contribution is 6.17. The molecule has 1 atom stereocenters. The Bertz CT molecular complexity index is 1070. The van der Waals surface area contributed by atoms with E-state index in [1.165, 1.54) is 33.0 Å². The molecule has 3 aromatic carbocycles. The fourth-order valence-corrected chi connectivity index (χ4v) is 4.47. The maximum absolute atomic E-state index is 6.33. The van der Waals surface area contributed by atoms with Crippen LogP contribution in [0.3, 0.4) is 0 Å². The van der Waals surface area contributed by atoms with Crippen LogP contribution >= 0.6 is 0 Å². The van der Waals surface area contributed by atoms with E-state index >= 15 is 0 Å². The first kappa shape index (κ1) is 28.6. The third-order valence-corrected chi connectivity index (χ3v) is 5.61. The van der Waals surface area contributed by atoms with Gasteiger partial charge in [-0.1, -0.05) is 130 Å². The summed E-state index contributed by atoms with van der Waals surface area (Å²) in [7, 11) is 6.32. The van der Waals surface area contributed by atoms with Gasteiger partial charge in [0.25, 0.3) is 0 Å². The zero-order valence-electron chi connectivity index (χ0n) is 22.8. The van der Waals surface area contributed by atoms with Crippen LogP contribution in [0.15, 0.2) is 54.6 Å². The summed E-state index contributed by atoms with van der Waals surface area (Å²) in [5.41, 5.74) is 5.43. The topological polar surface area (TPSA) is 9.23 Å². The fraction of sp³-hybridized carbons (Fsp3) is 0.419. The zero-order chi connectivity index (χ0) is 25.4. The molecule has 3 aromatic rings. The molecule has 1 heterocycles. The highest BCUT2D eigenvalue weighted by atomic mass is 16.5. The Morgan fingerprint density at radius 2 is 1.21 bits per heavy atom. The van der Waals surface area contributed by atoms with Crippen molar-refractivity contribution in [3.8, 4) is 16.9 Å². The maximum Gasteiger partial charge on any atom is 0.137 e. The minimum absolute atomic E-state index is 0.124. The van der Waals surface area contributed by atoms with Crippen LogP contribution in [0.25, 0.3) is 28.0 Å². The first-order chi connectivity index (χ1) is 15.9. The number of fused-ring (bicyclic) bond motifs is 8. The molecule has 0 spiro atoms. The average molecular weight is 442 g/mol. The van der Waals surface area contributed by atoms with Gasteiger partial charge in [0.15, 0.2) is 0 Å². The predicted octanol–water partition coefficient (Wildman–Crippen LogP) is 9.54. The second-order valence-corrected chi connectivity index (χ2v) is 7.83. The lowest BCUT2D eigenvalue weighted by Gasteiger charge is -2.34. The molecule has 2 heteroatoms. The van der Waals surface area contributed by atoms with E-state index in [0.717, 1.165) is 11.3 Å². The SMILES string of the molecule is CC.CC.CC.CC.[B][C@]1(C)C=Cc2c(c3c(c4ccccc24)-c2ccccc2C3(C)C)O1. The van der Waals surface area contributed by atoms with Gasteiger partial charge in [-0.25, -0.2) is 0 Å². The molecule has 5 rings (SSSR count). The molecule has 2 radical (unpaired) electrons. The zero-order valence-corrected chi connectivity index (χ0v) is 22.8. The van der Waals surface area contributed by atoms with Crippen molar-refractivity contribution >= 4 is 24.7 Å². The Hall–Kier alpha value is -2.48. The number of hydrogen-bond donors (Lipinski definition) is 0. The van der Waals surface area contributed by atoms with Gasteiger partial charge in [0, 0.05) is 16.5 Å². The quantitative estimate of drug-likeness (QED) is 0.315. The van der Waals surface area contributed by atoms with Crippen LogP contribution in [0.1, 0.15) is 92.9 Å². The largest absolute Gasteiger partial charge is 0.493 e. The van der Waals surface area contributed by atoms with E-state index in [-0.39, 0.29) is 5.41 Å². The number of rotatable bonds is 0. The van der Waals surface area contributed by atoms with Gasteiger partial charge in [-0.05, 0) is 34.4 Å². The van der Waals surface area contributed by atoms with Crippen LogP contribution in [0, 0.1) is 0 Å². The Balaban J connectivity index is 0.000000619. The second kappa shape index (κ2) is 12.1. The Labute approximate surface area is 204 Å². The van der Waals surface area contributed by atoms with Crippen LogP contribution in [-0.2, 0) is 5.41 Å². The van der Waals surface area contributed by atoms with E-state index in [4.69, 9.17) is 12.6 Å². The smallest absolute Gasteiger partial charge is 0.137 e. The van der Waals surface area contributed by atoms with Crippen molar-refractivity contribution in [2.75, 3.05) is 0 Å². The standard InChI is InChI=1S/C23H19BO.4C2H6/c1-22(2)18-11-7-6-10-17(18)19-15-9-5-4-8-14(15)16-12-13-23(3,24)25-21(16)20(19)22;4*1-2/h4-13H,1-3H3;4*1-2H3/t23-;;;;/m0..../s1. The molecule has 0 unspecified atom stereocenters. The Kier molecular flexibility index (Phi) is 10.5. The lowest BCUT2D eigenvalue weighted by Crippen LogP contribution is -2.33. The van der Waals surface area contributed by atoms with Gasteiger partial charge in [0.2, 0.25) is 0 Å². The van der Waals surface area contributed by atoms with Gasteiger partial charge in [-0.3, -0.25) is 0 Å². The average Bonchev–Trinajstić information content (AvgIpc) is 3.11. The molecule has 1 aliphatic carbocycles. The summed E-state index contributed by atoms with van der Waals surface area (Å²) in [6, 6.07) is 17.3. The summed E-state index contributed by atoms with van der Waals surface area (Å²) in [6.07, 6.45) is 4.07. The summed E-state index contributed by atoms with van der Waals surface area (Å²) in [5.74, 6) is 0.933. The van der Waals surface area contributed by atoms with Gasteiger partial charge in [-0.2, -0.15) is 0 Å². The molecule has 0 amide bonds. The van der Waals surface area contributed by atoms with Crippen LogP contribution in [-0.4, -0.2) is 13.3 Å². The van der Waals surface area contributed by atoms with Gasteiger partial charge >= 0.3 is 0 Å². The molecule has 0 N–H and O–H groups in total. The molecule has 0 saturated heterocycles. The molecule has 0 bridgehead atoms. The van der Waals surface area contributed by atoms with Crippen molar-refractivity contribution in [2.45, 2.75) is 87.1 Å². The molecular weight excluding hydrogens is 399 g/mol. The first-order valence-corrected chi connectivity index (χ1v) is 12.8. The molecule has 0 saturated carbocycles. The maximum atomic E-state index is 6.33. The van der Waals surface area contributed by atoms with Gasteiger partial charge in [-0.15, -0.1) is 0 Å². The highest BCUT2D eigenvalue weighted by Crippen LogP contribution is 2.57. The van der Waals surface area contributed by atoms with Crippen molar-refractivity contribution < 1.29 is 4.74 Å². The van der Waals surface area contributed by atoms with Gasteiger partial charge < -0.3 is 4.74 Å². The summed E-state index contributed by atoms with van der Waals surface area (Å²) in [6.45, 7) is 22.5. The van der Waals surface area contributed by atoms with E-state index < -0.39 is 5.50 Å². The monoisotopic (exact) mass is 442 g/mol.